The lowest BCUT2D eigenvalue weighted by Crippen LogP contribution is -2.01. The van der Waals surface area contributed by atoms with E-state index in [9.17, 15) is 0 Å². The summed E-state index contributed by atoms with van der Waals surface area (Å²) in [6.45, 7) is 4.02. The van der Waals surface area contributed by atoms with Crippen molar-refractivity contribution >= 4 is 15.9 Å². The summed E-state index contributed by atoms with van der Waals surface area (Å²) in [7, 11) is 0. The number of aromatic nitrogens is 2. The van der Waals surface area contributed by atoms with E-state index in [0.717, 1.165) is 34.5 Å². The van der Waals surface area contributed by atoms with Gasteiger partial charge in [0.15, 0.2) is 0 Å². The second-order valence-corrected chi connectivity index (χ2v) is 5.11. The first-order valence-corrected chi connectivity index (χ1v) is 6.48. The Morgan fingerprint density at radius 1 is 0.941 bits per heavy atom. The van der Waals surface area contributed by atoms with Crippen LogP contribution in [0.15, 0.2) is 34.8 Å². The molecule has 0 aliphatic heterocycles. The van der Waals surface area contributed by atoms with Gasteiger partial charge in [0.25, 0.3) is 0 Å². The molecule has 17 heavy (non-hydrogen) atoms. The van der Waals surface area contributed by atoms with Gasteiger partial charge in [0.05, 0.1) is 0 Å². The van der Waals surface area contributed by atoms with E-state index < -0.39 is 0 Å². The predicted molar refractivity (Wildman–Crippen MR) is 73.1 cm³/mol. The summed E-state index contributed by atoms with van der Waals surface area (Å²) >= 11 is 3.44. The Labute approximate surface area is 110 Å². The summed E-state index contributed by atoms with van der Waals surface area (Å²) in [5.74, 6) is 0.936. The number of hydrogen-bond donors (Lipinski definition) is 0. The Morgan fingerprint density at radius 2 is 1.53 bits per heavy atom. The Morgan fingerprint density at radius 3 is 2.12 bits per heavy atom. The van der Waals surface area contributed by atoms with Gasteiger partial charge in [0.2, 0.25) is 0 Å². The molecule has 1 heterocycles. The van der Waals surface area contributed by atoms with E-state index in [1.54, 1.807) is 0 Å². The van der Waals surface area contributed by atoms with Gasteiger partial charge in [-0.2, -0.15) is 0 Å². The quantitative estimate of drug-likeness (QED) is 0.862. The first kappa shape index (κ1) is 12.2. The molecule has 0 amide bonds. The summed E-state index contributed by atoms with van der Waals surface area (Å²) < 4.78 is 1.11. The number of benzene rings is 1. The molecule has 2 nitrogen and oxygen atoms in total. The molecule has 3 heteroatoms. The molecule has 0 saturated carbocycles. The monoisotopic (exact) mass is 290 g/mol. The van der Waals surface area contributed by atoms with Crippen LogP contribution in [0.3, 0.4) is 0 Å². The Bertz CT molecular complexity index is 486. The van der Waals surface area contributed by atoms with Crippen LogP contribution in [0.1, 0.15) is 22.8 Å². The van der Waals surface area contributed by atoms with E-state index in [1.807, 2.05) is 19.9 Å². The van der Waals surface area contributed by atoms with Gasteiger partial charge in [-0.25, -0.2) is 9.97 Å². The van der Waals surface area contributed by atoms with Crippen LogP contribution in [0.4, 0.5) is 0 Å². The average molecular weight is 291 g/mol. The first-order valence-electron chi connectivity index (χ1n) is 5.69. The number of nitrogens with zero attached hydrogens (tertiary/aromatic N) is 2. The van der Waals surface area contributed by atoms with Gasteiger partial charge in [0, 0.05) is 22.3 Å². The molecular formula is C14H15BrN2. The molecule has 0 saturated heterocycles. The van der Waals surface area contributed by atoms with Crippen molar-refractivity contribution in [1.29, 1.82) is 0 Å². The van der Waals surface area contributed by atoms with Gasteiger partial charge < -0.3 is 0 Å². The average Bonchev–Trinajstić information content (AvgIpc) is 2.27. The largest absolute Gasteiger partial charge is 0.238 e. The van der Waals surface area contributed by atoms with Crippen molar-refractivity contribution in [2.45, 2.75) is 26.7 Å². The van der Waals surface area contributed by atoms with Crippen LogP contribution in [0.2, 0.25) is 0 Å². The van der Waals surface area contributed by atoms with E-state index >= 15 is 0 Å². The van der Waals surface area contributed by atoms with Crippen molar-refractivity contribution in [3.63, 3.8) is 0 Å². The SMILES string of the molecule is Cc1cc(C)nc(CCc2ccc(Br)cc2)n1. The number of hydrogen-bond acceptors (Lipinski definition) is 2. The summed E-state index contributed by atoms with van der Waals surface area (Å²) in [4.78, 5) is 8.89. The van der Waals surface area contributed by atoms with Crippen LogP contribution in [0.5, 0.6) is 0 Å². The highest BCUT2D eigenvalue weighted by atomic mass is 79.9. The molecule has 88 valence electrons. The maximum absolute atomic E-state index is 4.45. The normalized spacial score (nSPS) is 10.5. The maximum atomic E-state index is 4.45. The molecule has 0 atom stereocenters. The fourth-order valence-electron chi connectivity index (χ4n) is 1.82. The van der Waals surface area contributed by atoms with E-state index in [0.29, 0.717) is 0 Å². The van der Waals surface area contributed by atoms with Crippen molar-refractivity contribution in [2.75, 3.05) is 0 Å². The second-order valence-electron chi connectivity index (χ2n) is 4.19. The van der Waals surface area contributed by atoms with Crippen LogP contribution < -0.4 is 0 Å². The zero-order valence-electron chi connectivity index (χ0n) is 10.1. The zero-order chi connectivity index (χ0) is 12.3. The fourth-order valence-corrected chi connectivity index (χ4v) is 2.08. The van der Waals surface area contributed by atoms with Crippen molar-refractivity contribution in [3.8, 4) is 0 Å². The minimum Gasteiger partial charge on any atom is -0.238 e. The summed E-state index contributed by atoms with van der Waals surface area (Å²) in [6, 6.07) is 10.4. The molecule has 0 aliphatic rings. The summed E-state index contributed by atoms with van der Waals surface area (Å²) in [5, 5.41) is 0. The predicted octanol–water partition coefficient (Wildman–Crippen LogP) is 3.64. The topological polar surface area (TPSA) is 25.8 Å². The molecule has 0 unspecified atom stereocenters. The van der Waals surface area contributed by atoms with Crippen molar-refractivity contribution in [1.82, 2.24) is 9.97 Å². The highest BCUT2D eigenvalue weighted by Gasteiger charge is 2.01. The third-order valence-corrected chi connectivity index (χ3v) is 3.11. The minimum absolute atomic E-state index is 0.893. The van der Waals surface area contributed by atoms with E-state index in [-0.39, 0.29) is 0 Å². The third kappa shape index (κ3) is 3.63. The zero-order valence-corrected chi connectivity index (χ0v) is 11.7. The standard InChI is InChI=1S/C14H15BrN2/c1-10-9-11(2)17-14(16-10)8-5-12-3-6-13(15)7-4-12/h3-4,6-7,9H,5,8H2,1-2H3. The third-order valence-electron chi connectivity index (χ3n) is 2.58. The van der Waals surface area contributed by atoms with Crippen LogP contribution in [-0.2, 0) is 12.8 Å². The van der Waals surface area contributed by atoms with E-state index in [4.69, 9.17) is 0 Å². The molecule has 1 aromatic carbocycles. The molecule has 0 spiro atoms. The fraction of sp³-hybridized carbons (Fsp3) is 0.286. The molecule has 0 radical (unpaired) electrons. The Kier molecular flexibility index (Phi) is 3.89. The molecule has 2 rings (SSSR count). The Balaban J connectivity index is 2.04. The highest BCUT2D eigenvalue weighted by Crippen LogP contribution is 2.12. The van der Waals surface area contributed by atoms with E-state index in [1.165, 1.54) is 5.56 Å². The van der Waals surface area contributed by atoms with Crippen LogP contribution in [0.25, 0.3) is 0 Å². The lowest BCUT2D eigenvalue weighted by Gasteiger charge is -2.03. The maximum Gasteiger partial charge on any atom is 0.129 e. The van der Waals surface area contributed by atoms with Gasteiger partial charge >= 0.3 is 0 Å². The summed E-state index contributed by atoms with van der Waals surface area (Å²) in [6.07, 6.45) is 1.88. The van der Waals surface area contributed by atoms with Gasteiger partial charge in [-0.1, -0.05) is 28.1 Å². The number of rotatable bonds is 3. The molecule has 0 fully saturated rings. The van der Waals surface area contributed by atoms with Crippen molar-refractivity contribution in [2.24, 2.45) is 0 Å². The number of halogens is 1. The molecule has 1 aromatic heterocycles. The first-order chi connectivity index (χ1) is 8.13. The van der Waals surface area contributed by atoms with Gasteiger partial charge in [-0.3, -0.25) is 0 Å². The Hall–Kier alpha value is -1.22. The van der Waals surface area contributed by atoms with Crippen LogP contribution in [-0.4, -0.2) is 9.97 Å². The minimum atomic E-state index is 0.893. The van der Waals surface area contributed by atoms with Gasteiger partial charge in [-0.15, -0.1) is 0 Å². The summed E-state index contributed by atoms with van der Waals surface area (Å²) in [5.41, 5.74) is 3.41. The smallest absolute Gasteiger partial charge is 0.129 e. The van der Waals surface area contributed by atoms with Crippen LogP contribution in [0, 0.1) is 13.8 Å². The molecule has 0 bridgehead atoms. The molecule has 0 N–H and O–H groups in total. The molecular weight excluding hydrogens is 276 g/mol. The van der Waals surface area contributed by atoms with Crippen LogP contribution >= 0.6 is 15.9 Å². The lowest BCUT2D eigenvalue weighted by molar-refractivity contribution is 0.834. The molecule has 2 aromatic rings. The molecule has 0 aliphatic carbocycles. The van der Waals surface area contributed by atoms with E-state index in [2.05, 4.69) is 50.2 Å². The van der Waals surface area contributed by atoms with Gasteiger partial charge in [0.1, 0.15) is 5.82 Å². The lowest BCUT2D eigenvalue weighted by atomic mass is 10.1. The van der Waals surface area contributed by atoms with Crippen molar-refractivity contribution < 1.29 is 0 Å². The highest BCUT2D eigenvalue weighted by molar-refractivity contribution is 9.10. The van der Waals surface area contributed by atoms with Crippen molar-refractivity contribution in [3.05, 3.63) is 57.6 Å². The second kappa shape index (κ2) is 5.41. The van der Waals surface area contributed by atoms with Gasteiger partial charge in [-0.05, 0) is 44.0 Å². The number of aryl methyl sites for hydroxylation is 4.